The van der Waals surface area contributed by atoms with Gasteiger partial charge in [-0.15, -0.1) is 0 Å². The summed E-state index contributed by atoms with van der Waals surface area (Å²) in [5.74, 6) is 0. The molecule has 1 aromatic rings. The first-order valence-electron chi connectivity index (χ1n) is 7.69. The van der Waals surface area contributed by atoms with Gasteiger partial charge >= 0.3 is 0 Å². The topological polar surface area (TPSA) is 50.3 Å². The molecule has 1 aromatic heterocycles. The van der Waals surface area contributed by atoms with Crippen LogP contribution in [0.5, 0.6) is 0 Å². The highest BCUT2D eigenvalue weighted by atomic mass is 15.3. The standard InChI is InChI=1S/C15H29N5/c1-5-14-13(11-19(4)17-14)15(10-16)20-8-6-12(7-9-20)18(2)3/h11-12,15H,5-10,16H2,1-4H3. The number of nitrogens with zero attached hydrogens (tertiary/aromatic N) is 4. The van der Waals surface area contributed by atoms with Crippen LogP contribution in [0.3, 0.4) is 0 Å². The van der Waals surface area contributed by atoms with Crippen molar-refractivity contribution < 1.29 is 0 Å². The molecular formula is C15H29N5. The van der Waals surface area contributed by atoms with Crippen molar-refractivity contribution in [1.82, 2.24) is 19.6 Å². The smallest absolute Gasteiger partial charge is 0.0670 e. The molecule has 0 spiro atoms. The second-order valence-electron chi connectivity index (χ2n) is 6.04. The van der Waals surface area contributed by atoms with Crippen molar-refractivity contribution in [2.45, 2.75) is 38.3 Å². The molecule has 0 bridgehead atoms. The number of aromatic nitrogens is 2. The molecule has 0 saturated carbocycles. The molecule has 1 unspecified atom stereocenters. The zero-order valence-corrected chi connectivity index (χ0v) is 13.3. The number of rotatable bonds is 5. The van der Waals surface area contributed by atoms with Crippen molar-refractivity contribution in [3.8, 4) is 0 Å². The summed E-state index contributed by atoms with van der Waals surface area (Å²) in [4.78, 5) is 4.88. The van der Waals surface area contributed by atoms with Gasteiger partial charge in [0.1, 0.15) is 0 Å². The number of hydrogen-bond acceptors (Lipinski definition) is 4. The highest BCUT2D eigenvalue weighted by Gasteiger charge is 2.28. The van der Waals surface area contributed by atoms with E-state index in [0.29, 0.717) is 18.6 Å². The van der Waals surface area contributed by atoms with Gasteiger partial charge in [-0.25, -0.2) is 0 Å². The van der Waals surface area contributed by atoms with Gasteiger partial charge in [0, 0.05) is 44.5 Å². The fourth-order valence-electron chi connectivity index (χ4n) is 3.29. The minimum absolute atomic E-state index is 0.321. The molecule has 20 heavy (non-hydrogen) atoms. The van der Waals surface area contributed by atoms with Crippen molar-refractivity contribution in [2.24, 2.45) is 12.8 Å². The first-order valence-corrected chi connectivity index (χ1v) is 7.69. The van der Waals surface area contributed by atoms with Gasteiger partial charge in [0.05, 0.1) is 11.7 Å². The van der Waals surface area contributed by atoms with Gasteiger partial charge in [0.2, 0.25) is 0 Å². The van der Waals surface area contributed by atoms with E-state index in [1.165, 1.54) is 24.1 Å². The molecule has 1 aliphatic heterocycles. The SMILES string of the molecule is CCc1nn(C)cc1C(CN)N1CCC(N(C)C)CC1. The molecule has 0 radical (unpaired) electrons. The van der Waals surface area contributed by atoms with Gasteiger partial charge < -0.3 is 10.6 Å². The van der Waals surface area contributed by atoms with E-state index in [-0.39, 0.29) is 0 Å². The van der Waals surface area contributed by atoms with Crippen molar-refractivity contribution in [1.29, 1.82) is 0 Å². The average Bonchev–Trinajstić information content (AvgIpc) is 2.81. The Kier molecular flexibility index (Phi) is 5.18. The number of hydrogen-bond donors (Lipinski definition) is 1. The van der Waals surface area contributed by atoms with E-state index in [1.807, 2.05) is 11.7 Å². The molecule has 0 amide bonds. The summed E-state index contributed by atoms with van der Waals surface area (Å²) in [6, 6.07) is 1.03. The Morgan fingerprint density at radius 2 is 2.05 bits per heavy atom. The first-order chi connectivity index (χ1) is 9.56. The molecule has 1 saturated heterocycles. The third-order valence-corrected chi connectivity index (χ3v) is 4.52. The zero-order chi connectivity index (χ0) is 14.7. The lowest BCUT2D eigenvalue weighted by atomic mass is 9.98. The molecule has 0 aliphatic carbocycles. The number of aryl methyl sites for hydroxylation is 2. The fourth-order valence-corrected chi connectivity index (χ4v) is 3.29. The van der Waals surface area contributed by atoms with E-state index in [2.05, 4.69) is 42.1 Å². The summed E-state index contributed by atoms with van der Waals surface area (Å²) in [6.45, 7) is 5.09. The molecule has 114 valence electrons. The lowest BCUT2D eigenvalue weighted by Crippen LogP contribution is -2.45. The van der Waals surface area contributed by atoms with E-state index >= 15 is 0 Å². The van der Waals surface area contributed by atoms with Gasteiger partial charge in [0.15, 0.2) is 0 Å². The fraction of sp³-hybridized carbons (Fsp3) is 0.800. The van der Waals surface area contributed by atoms with E-state index in [0.717, 1.165) is 19.5 Å². The highest BCUT2D eigenvalue weighted by Crippen LogP contribution is 2.27. The largest absolute Gasteiger partial charge is 0.329 e. The van der Waals surface area contributed by atoms with Crippen molar-refractivity contribution in [2.75, 3.05) is 33.7 Å². The van der Waals surface area contributed by atoms with Crippen molar-refractivity contribution in [3.63, 3.8) is 0 Å². The Labute approximate surface area is 122 Å². The second-order valence-corrected chi connectivity index (χ2v) is 6.04. The minimum Gasteiger partial charge on any atom is -0.329 e. The third-order valence-electron chi connectivity index (χ3n) is 4.52. The summed E-state index contributed by atoms with van der Waals surface area (Å²) in [5, 5.41) is 4.56. The van der Waals surface area contributed by atoms with Gasteiger partial charge in [0.25, 0.3) is 0 Å². The maximum Gasteiger partial charge on any atom is 0.0670 e. The second kappa shape index (κ2) is 6.70. The highest BCUT2D eigenvalue weighted by molar-refractivity contribution is 5.22. The number of likely N-dealkylation sites (tertiary alicyclic amines) is 1. The average molecular weight is 279 g/mol. The lowest BCUT2D eigenvalue weighted by Gasteiger charge is -2.39. The predicted octanol–water partition coefficient (Wildman–Crippen LogP) is 1.01. The minimum atomic E-state index is 0.321. The summed E-state index contributed by atoms with van der Waals surface area (Å²) >= 11 is 0. The molecular weight excluding hydrogens is 250 g/mol. The summed E-state index contributed by atoms with van der Waals surface area (Å²) in [6.07, 6.45) is 5.58. The van der Waals surface area contributed by atoms with Crippen LogP contribution in [0.15, 0.2) is 6.20 Å². The van der Waals surface area contributed by atoms with Crippen molar-refractivity contribution >= 4 is 0 Å². The van der Waals surface area contributed by atoms with Crippen LogP contribution in [-0.4, -0.2) is 59.4 Å². The van der Waals surface area contributed by atoms with Crippen LogP contribution in [0.4, 0.5) is 0 Å². The molecule has 2 N–H and O–H groups in total. The third kappa shape index (κ3) is 3.22. The Hall–Kier alpha value is -0.910. The van der Waals surface area contributed by atoms with Gasteiger partial charge in [-0.1, -0.05) is 6.92 Å². The Bertz CT molecular complexity index is 418. The van der Waals surface area contributed by atoms with E-state index < -0.39 is 0 Å². The molecule has 0 aromatic carbocycles. The van der Waals surface area contributed by atoms with Gasteiger partial charge in [-0.3, -0.25) is 9.58 Å². The summed E-state index contributed by atoms with van der Waals surface area (Å²) in [7, 11) is 6.35. The summed E-state index contributed by atoms with van der Waals surface area (Å²) in [5.41, 5.74) is 8.59. The van der Waals surface area contributed by atoms with Gasteiger partial charge in [-0.05, 0) is 33.4 Å². The Morgan fingerprint density at radius 1 is 1.40 bits per heavy atom. The summed E-state index contributed by atoms with van der Waals surface area (Å²) < 4.78 is 1.92. The van der Waals surface area contributed by atoms with Gasteiger partial charge in [-0.2, -0.15) is 5.10 Å². The van der Waals surface area contributed by atoms with Crippen LogP contribution in [-0.2, 0) is 13.5 Å². The normalized spacial score (nSPS) is 19.7. The lowest BCUT2D eigenvalue weighted by molar-refractivity contribution is 0.110. The predicted molar refractivity (Wildman–Crippen MR) is 82.7 cm³/mol. The number of piperidine rings is 1. The Balaban J connectivity index is 2.09. The van der Waals surface area contributed by atoms with E-state index in [4.69, 9.17) is 5.73 Å². The van der Waals surface area contributed by atoms with Crippen LogP contribution in [0.2, 0.25) is 0 Å². The first kappa shape index (κ1) is 15.5. The van der Waals surface area contributed by atoms with Crippen molar-refractivity contribution in [3.05, 3.63) is 17.5 Å². The number of nitrogens with two attached hydrogens (primary N) is 1. The monoisotopic (exact) mass is 279 g/mol. The molecule has 2 rings (SSSR count). The van der Waals surface area contributed by atoms with Crippen LogP contribution in [0.1, 0.15) is 37.1 Å². The Morgan fingerprint density at radius 3 is 2.55 bits per heavy atom. The van der Waals surface area contributed by atoms with E-state index in [1.54, 1.807) is 0 Å². The molecule has 1 atom stereocenters. The maximum absolute atomic E-state index is 6.07. The van der Waals surface area contributed by atoms with Crippen LogP contribution in [0, 0.1) is 0 Å². The van der Waals surface area contributed by atoms with E-state index in [9.17, 15) is 0 Å². The molecule has 1 aliphatic rings. The van der Waals surface area contributed by atoms with Crippen LogP contribution >= 0.6 is 0 Å². The quantitative estimate of drug-likeness (QED) is 0.874. The molecule has 5 heteroatoms. The molecule has 1 fully saturated rings. The van der Waals surface area contributed by atoms with Crippen LogP contribution < -0.4 is 5.73 Å². The molecule has 5 nitrogen and oxygen atoms in total. The zero-order valence-electron chi connectivity index (χ0n) is 13.3. The van der Waals surface area contributed by atoms with Crippen LogP contribution in [0.25, 0.3) is 0 Å². The molecule has 2 heterocycles. The maximum atomic E-state index is 6.07.